The first-order valence-corrected chi connectivity index (χ1v) is 5.51. The SMILES string of the molecule is CCCCC(C)N1CCCC1C. The maximum Gasteiger partial charge on any atom is 0.00702 e. The lowest BCUT2D eigenvalue weighted by Gasteiger charge is -2.28. The van der Waals surface area contributed by atoms with Gasteiger partial charge in [0.05, 0.1) is 0 Å². The van der Waals surface area contributed by atoms with Crippen molar-refractivity contribution in [1.82, 2.24) is 4.90 Å². The Morgan fingerprint density at radius 1 is 1.50 bits per heavy atom. The van der Waals surface area contributed by atoms with Crippen LogP contribution in [-0.4, -0.2) is 23.5 Å². The van der Waals surface area contributed by atoms with Crippen LogP contribution in [0.1, 0.15) is 52.9 Å². The Kier molecular flexibility index (Phi) is 4.07. The molecule has 0 aliphatic carbocycles. The lowest BCUT2D eigenvalue weighted by atomic mass is 10.1. The molecule has 0 saturated carbocycles. The Hall–Kier alpha value is -0.0400. The zero-order valence-corrected chi connectivity index (χ0v) is 8.84. The van der Waals surface area contributed by atoms with Gasteiger partial charge in [-0.2, -0.15) is 0 Å². The van der Waals surface area contributed by atoms with Gasteiger partial charge in [0.15, 0.2) is 0 Å². The van der Waals surface area contributed by atoms with Gasteiger partial charge >= 0.3 is 0 Å². The summed E-state index contributed by atoms with van der Waals surface area (Å²) >= 11 is 0. The van der Waals surface area contributed by atoms with Crippen LogP contribution in [-0.2, 0) is 0 Å². The van der Waals surface area contributed by atoms with Crippen molar-refractivity contribution in [3.05, 3.63) is 0 Å². The molecule has 0 bridgehead atoms. The fourth-order valence-electron chi connectivity index (χ4n) is 2.28. The Morgan fingerprint density at radius 2 is 2.25 bits per heavy atom. The van der Waals surface area contributed by atoms with Gasteiger partial charge in [-0.15, -0.1) is 0 Å². The Bertz CT molecular complexity index is 122. The number of hydrogen-bond donors (Lipinski definition) is 0. The summed E-state index contributed by atoms with van der Waals surface area (Å²) in [6, 6.07) is 1.67. The van der Waals surface area contributed by atoms with Crippen molar-refractivity contribution >= 4 is 0 Å². The highest BCUT2D eigenvalue weighted by Crippen LogP contribution is 2.21. The lowest BCUT2D eigenvalue weighted by molar-refractivity contribution is 0.191. The maximum absolute atomic E-state index is 2.68. The molecule has 0 aromatic carbocycles. The molecule has 72 valence electrons. The molecule has 1 heteroatoms. The highest BCUT2D eigenvalue weighted by atomic mass is 15.2. The third-order valence-corrected chi connectivity index (χ3v) is 3.15. The van der Waals surface area contributed by atoms with Crippen LogP contribution in [0, 0.1) is 0 Å². The van der Waals surface area contributed by atoms with Gasteiger partial charge in [0.2, 0.25) is 0 Å². The third kappa shape index (κ3) is 2.48. The fraction of sp³-hybridized carbons (Fsp3) is 1.00. The Labute approximate surface area is 77.1 Å². The standard InChI is InChI=1S/C11H23N/c1-4-5-7-10(2)12-9-6-8-11(12)3/h10-11H,4-9H2,1-3H3. The second-order valence-electron chi connectivity index (χ2n) is 4.22. The van der Waals surface area contributed by atoms with E-state index in [0.29, 0.717) is 0 Å². The van der Waals surface area contributed by atoms with Gasteiger partial charge in [-0.25, -0.2) is 0 Å². The molecular formula is C11H23N. The van der Waals surface area contributed by atoms with E-state index in [9.17, 15) is 0 Å². The van der Waals surface area contributed by atoms with Crippen LogP contribution >= 0.6 is 0 Å². The highest BCUT2D eigenvalue weighted by molar-refractivity contribution is 4.79. The van der Waals surface area contributed by atoms with Crippen molar-refractivity contribution in [2.45, 2.75) is 65.0 Å². The Balaban J connectivity index is 2.25. The number of likely N-dealkylation sites (tertiary alicyclic amines) is 1. The summed E-state index contributed by atoms with van der Waals surface area (Å²) in [6.07, 6.45) is 6.95. The molecule has 1 nitrogen and oxygen atoms in total. The second-order valence-corrected chi connectivity index (χ2v) is 4.22. The molecule has 1 aliphatic rings. The third-order valence-electron chi connectivity index (χ3n) is 3.15. The zero-order chi connectivity index (χ0) is 8.97. The number of rotatable bonds is 4. The molecular weight excluding hydrogens is 146 g/mol. The van der Waals surface area contributed by atoms with Gasteiger partial charge in [0.25, 0.3) is 0 Å². The minimum absolute atomic E-state index is 0.822. The molecule has 0 aromatic rings. The van der Waals surface area contributed by atoms with Crippen LogP contribution in [0.5, 0.6) is 0 Å². The predicted octanol–water partition coefficient (Wildman–Crippen LogP) is 3.05. The molecule has 1 rings (SSSR count). The minimum atomic E-state index is 0.822. The maximum atomic E-state index is 2.68. The highest BCUT2D eigenvalue weighted by Gasteiger charge is 2.23. The number of unbranched alkanes of at least 4 members (excludes halogenated alkanes) is 1. The number of nitrogens with zero attached hydrogens (tertiary/aromatic N) is 1. The monoisotopic (exact) mass is 169 g/mol. The zero-order valence-electron chi connectivity index (χ0n) is 8.84. The number of hydrogen-bond acceptors (Lipinski definition) is 1. The van der Waals surface area contributed by atoms with Crippen molar-refractivity contribution in [3.63, 3.8) is 0 Å². The van der Waals surface area contributed by atoms with E-state index in [-0.39, 0.29) is 0 Å². The average molecular weight is 169 g/mol. The molecule has 0 aromatic heterocycles. The van der Waals surface area contributed by atoms with Gasteiger partial charge in [-0.05, 0) is 39.7 Å². The van der Waals surface area contributed by atoms with E-state index in [2.05, 4.69) is 25.7 Å². The largest absolute Gasteiger partial charge is 0.298 e. The summed E-state index contributed by atoms with van der Waals surface area (Å²) in [5.74, 6) is 0. The van der Waals surface area contributed by atoms with Crippen LogP contribution in [0.2, 0.25) is 0 Å². The van der Waals surface area contributed by atoms with E-state index in [1.807, 2.05) is 0 Å². The van der Waals surface area contributed by atoms with Crippen LogP contribution in [0.25, 0.3) is 0 Å². The molecule has 0 radical (unpaired) electrons. The van der Waals surface area contributed by atoms with Gasteiger partial charge in [-0.1, -0.05) is 19.8 Å². The van der Waals surface area contributed by atoms with E-state index in [4.69, 9.17) is 0 Å². The molecule has 0 N–H and O–H groups in total. The fourth-order valence-corrected chi connectivity index (χ4v) is 2.28. The topological polar surface area (TPSA) is 3.24 Å². The second kappa shape index (κ2) is 4.86. The summed E-state index contributed by atoms with van der Waals surface area (Å²) in [7, 11) is 0. The minimum Gasteiger partial charge on any atom is -0.298 e. The van der Waals surface area contributed by atoms with E-state index in [1.165, 1.54) is 38.6 Å². The first-order chi connectivity index (χ1) is 5.75. The molecule has 0 amide bonds. The molecule has 1 fully saturated rings. The van der Waals surface area contributed by atoms with Crippen molar-refractivity contribution < 1.29 is 0 Å². The van der Waals surface area contributed by atoms with Gasteiger partial charge < -0.3 is 0 Å². The molecule has 1 heterocycles. The summed E-state index contributed by atoms with van der Waals surface area (Å²) in [5.41, 5.74) is 0. The van der Waals surface area contributed by atoms with Gasteiger partial charge in [-0.3, -0.25) is 4.90 Å². The molecule has 2 unspecified atom stereocenters. The normalized spacial score (nSPS) is 27.8. The molecule has 2 atom stereocenters. The van der Waals surface area contributed by atoms with Crippen molar-refractivity contribution in [1.29, 1.82) is 0 Å². The first kappa shape index (κ1) is 10.0. The van der Waals surface area contributed by atoms with Crippen LogP contribution in [0.15, 0.2) is 0 Å². The van der Waals surface area contributed by atoms with Crippen molar-refractivity contribution in [3.8, 4) is 0 Å². The smallest absolute Gasteiger partial charge is 0.00702 e. The van der Waals surface area contributed by atoms with E-state index in [1.54, 1.807) is 0 Å². The van der Waals surface area contributed by atoms with E-state index in [0.717, 1.165) is 12.1 Å². The summed E-state index contributed by atoms with van der Waals surface area (Å²) in [6.45, 7) is 8.37. The van der Waals surface area contributed by atoms with Crippen molar-refractivity contribution in [2.24, 2.45) is 0 Å². The van der Waals surface area contributed by atoms with Crippen LogP contribution in [0.4, 0.5) is 0 Å². The summed E-state index contributed by atoms with van der Waals surface area (Å²) in [4.78, 5) is 2.68. The van der Waals surface area contributed by atoms with E-state index < -0.39 is 0 Å². The van der Waals surface area contributed by atoms with Gasteiger partial charge in [0, 0.05) is 12.1 Å². The first-order valence-electron chi connectivity index (χ1n) is 5.51. The Morgan fingerprint density at radius 3 is 2.75 bits per heavy atom. The van der Waals surface area contributed by atoms with Crippen molar-refractivity contribution in [2.75, 3.05) is 6.54 Å². The molecule has 1 saturated heterocycles. The molecule has 1 aliphatic heterocycles. The van der Waals surface area contributed by atoms with Crippen LogP contribution in [0.3, 0.4) is 0 Å². The average Bonchev–Trinajstić information content (AvgIpc) is 2.47. The quantitative estimate of drug-likeness (QED) is 0.625. The molecule has 12 heavy (non-hydrogen) atoms. The van der Waals surface area contributed by atoms with Gasteiger partial charge in [0.1, 0.15) is 0 Å². The predicted molar refractivity (Wildman–Crippen MR) is 54.4 cm³/mol. The van der Waals surface area contributed by atoms with Crippen LogP contribution < -0.4 is 0 Å². The van der Waals surface area contributed by atoms with E-state index >= 15 is 0 Å². The lowest BCUT2D eigenvalue weighted by Crippen LogP contribution is -2.35. The summed E-state index contributed by atoms with van der Waals surface area (Å²) in [5, 5.41) is 0. The molecule has 0 spiro atoms. The summed E-state index contributed by atoms with van der Waals surface area (Å²) < 4.78 is 0.